The maximum Gasteiger partial charge on any atom is 0.166 e. The zero-order chi connectivity index (χ0) is 26.9. The SMILES string of the molecule is CCCCCCCOc1ccc(/C=C/C2CCC(c3ccc(-c4ccc(C)cc4)c(F)c3F)CC2)cc1F. The summed E-state index contributed by atoms with van der Waals surface area (Å²) in [6.07, 6.45) is 13.1. The van der Waals surface area contributed by atoms with Gasteiger partial charge in [-0.3, -0.25) is 0 Å². The molecule has 0 bridgehead atoms. The number of ether oxygens (including phenoxy) is 1. The molecule has 0 radical (unpaired) electrons. The monoisotopic (exact) mass is 520 g/mol. The third-order valence-corrected chi connectivity index (χ3v) is 7.71. The Hall–Kier alpha value is -3.01. The molecule has 4 heteroatoms. The van der Waals surface area contributed by atoms with Crippen molar-refractivity contribution in [3.63, 3.8) is 0 Å². The van der Waals surface area contributed by atoms with Gasteiger partial charge in [0.15, 0.2) is 23.2 Å². The maximum atomic E-state index is 15.1. The molecule has 1 aliphatic rings. The van der Waals surface area contributed by atoms with Crippen LogP contribution in [-0.2, 0) is 0 Å². The summed E-state index contributed by atoms with van der Waals surface area (Å²) in [5.41, 5.74) is 3.35. The van der Waals surface area contributed by atoms with E-state index in [1.54, 1.807) is 18.2 Å². The van der Waals surface area contributed by atoms with Crippen molar-refractivity contribution in [2.45, 2.75) is 77.6 Å². The molecule has 1 aliphatic carbocycles. The Morgan fingerprint density at radius 1 is 0.816 bits per heavy atom. The van der Waals surface area contributed by atoms with E-state index >= 15 is 4.39 Å². The Bertz CT molecular complexity index is 1210. The third kappa shape index (κ3) is 7.30. The predicted octanol–water partition coefficient (Wildman–Crippen LogP) is 10.4. The molecule has 202 valence electrons. The standard InChI is InChI=1S/C34H39F3O/c1-3-4-5-6-7-22-38-32-21-14-26(23-31(32)35)11-10-25-12-17-28(18-13-25)30-20-19-29(33(36)34(30)37)27-15-8-24(2)9-16-27/h8-11,14-16,19-21,23,25,28H,3-7,12-13,17-18,22H2,1-2H3/b11-10+. The summed E-state index contributed by atoms with van der Waals surface area (Å²) < 4.78 is 50.1. The van der Waals surface area contributed by atoms with E-state index in [9.17, 15) is 8.78 Å². The molecular formula is C34H39F3O. The second kappa shape index (κ2) is 13.7. The summed E-state index contributed by atoms with van der Waals surface area (Å²) in [5.74, 6) is -1.16. The van der Waals surface area contributed by atoms with E-state index < -0.39 is 11.6 Å². The number of halogens is 3. The van der Waals surface area contributed by atoms with Crippen LogP contribution in [0.3, 0.4) is 0 Å². The normalized spacial score (nSPS) is 17.7. The summed E-state index contributed by atoms with van der Waals surface area (Å²) in [6.45, 7) is 4.69. The summed E-state index contributed by atoms with van der Waals surface area (Å²) in [4.78, 5) is 0. The van der Waals surface area contributed by atoms with Crippen LogP contribution in [0.25, 0.3) is 17.2 Å². The second-order valence-corrected chi connectivity index (χ2v) is 10.6. The quantitative estimate of drug-likeness (QED) is 0.229. The van der Waals surface area contributed by atoms with Crippen LogP contribution in [0.1, 0.15) is 87.3 Å². The fraction of sp³-hybridized carbons (Fsp3) is 0.412. The summed E-state index contributed by atoms with van der Waals surface area (Å²) >= 11 is 0. The molecule has 0 atom stereocenters. The molecule has 3 aromatic carbocycles. The zero-order valence-corrected chi connectivity index (χ0v) is 22.6. The highest BCUT2D eigenvalue weighted by Crippen LogP contribution is 2.39. The molecule has 0 amide bonds. The van der Waals surface area contributed by atoms with E-state index in [1.165, 1.54) is 25.3 Å². The average Bonchev–Trinajstić information content (AvgIpc) is 2.93. The Kier molecular flexibility index (Phi) is 10.1. The Balaban J connectivity index is 1.29. The molecule has 0 aromatic heterocycles. The van der Waals surface area contributed by atoms with E-state index in [0.29, 0.717) is 35.0 Å². The van der Waals surface area contributed by atoms with Gasteiger partial charge >= 0.3 is 0 Å². The minimum absolute atomic E-state index is 0.0112. The lowest BCUT2D eigenvalue weighted by Crippen LogP contribution is -2.13. The summed E-state index contributed by atoms with van der Waals surface area (Å²) in [7, 11) is 0. The molecule has 1 fully saturated rings. The Morgan fingerprint density at radius 3 is 2.26 bits per heavy atom. The first-order chi connectivity index (χ1) is 18.5. The molecule has 0 saturated heterocycles. The number of hydrogen-bond acceptors (Lipinski definition) is 1. The summed E-state index contributed by atoms with van der Waals surface area (Å²) in [6, 6.07) is 16.0. The lowest BCUT2D eigenvalue weighted by molar-refractivity contribution is 0.290. The molecule has 0 unspecified atom stereocenters. The van der Waals surface area contributed by atoms with E-state index in [4.69, 9.17) is 4.74 Å². The Labute approximate surface area is 225 Å². The first kappa shape index (κ1) is 28.0. The molecule has 1 nitrogen and oxygen atoms in total. The van der Waals surface area contributed by atoms with Crippen molar-refractivity contribution >= 4 is 6.08 Å². The fourth-order valence-electron chi connectivity index (χ4n) is 5.33. The number of benzene rings is 3. The molecular weight excluding hydrogens is 481 g/mol. The van der Waals surface area contributed by atoms with Crippen molar-refractivity contribution < 1.29 is 17.9 Å². The first-order valence-electron chi connectivity index (χ1n) is 14.1. The van der Waals surface area contributed by atoms with Gasteiger partial charge < -0.3 is 4.74 Å². The van der Waals surface area contributed by atoms with Crippen LogP contribution >= 0.6 is 0 Å². The van der Waals surface area contributed by atoms with Crippen LogP contribution in [0.2, 0.25) is 0 Å². The van der Waals surface area contributed by atoms with Gasteiger partial charge in [-0.25, -0.2) is 13.2 Å². The van der Waals surface area contributed by atoms with Gasteiger partial charge in [0.2, 0.25) is 0 Å². The highest BCUT2D eigenvalue weighted by atomic mass is 19.2. The zero-order valence-electron chi connectivity index (χ0n) is 22.6. The van der Waals surface area contributed by atoms with Gasteiger partial charge in [-0.1, -0.05) is 92.8 Å². The third-order valence-electron chi connectivity index (χ3n) is 7.71. The van der Waals surface area contributed by atoms with Crippen molar-refractivity contribution in [1.29, 1.82) is 0 Å². The Morgan fingerprint density at radius 2 is 1.55 bits per heavy atom. The maximum absolute atomic E-state index is 15.1. The molecule has 1 saturated carbocycles. The van der Waals surface area contributed by atoms with Gasteiger partial charge in [0, 0.05) is 5.56 Å². The van der Waals surface area contributed by atoms with Crippen molar-refractivity contribution in [3.8, 4) is 16.9 Å². The van der Waals surface area contributed by atoms with Gasteiger partial charge in [0.25, 0.3) is 0 Å². The van der Waals surface area contributed by atoms with Crippen LogP contribution in [0.15, 0.2) is 60.7 Å². The molecule has 4 rings (SSSR count). The summed E-state index contributed by atoms with van der Waals surface area (Å²) in [5, 5.41) is 0. The van der Waals surface area contributed by atoms with Gasteiger partial charge in [0.1, 0.15) is 0 Å². The van der Waals surface area contributed by atoms with Crippen LogP contribution in [0, 0.1) is 30.3 Å². The topological polar surface area (TPSA) is 9.23 Å². The molecule has 3 aromatic rings. The van der Waals surface area contributed by atoms with Crippen LogP contribution < -0.4 is 4.74 Å². The first-order valence-corrected chi connectivity index (χ1v) is 14.1. The highest BCUT2D eigenvalue weighted by molar-refractivity contribution is 5.65. The predicted molar refractivity (Wildman–Crippen MR) is 151 cm³/mol. The van der Waals surface area contributed by atoms with Crippen LogP contribution in [-0.4, -0.2) is 6.61 Å². The highest BCUT2D eigenvalue weighted by Gasteiger charge is 2.25. The fourth-order valence-corrected chi connectivity index (χ4v) is 5.33. The number of hydrogen-bond donors (Lipinski definition) is 0. The van der Waals surface area contributed by atoms with Gasteiger partial charge in [0.05, 0.1) is 6.61 Å². The lowest BCUT2D eigenvalue weighted by atomic mass is 9.78. The van der Waals surface area contributed by atoms with Crippen LogP contribution in [0.4, 0.5) is 13.2 Å². The van der Waals surface area contributed by atoms with Gasteiger partial charge in [-0.05, 0) is 79.7 Å². The van der Waals surface area contributed by atoms with Crippen molar-refractivity contribution in [1.82, 2.24) is 0 Å². The van der Waals surface area contributed by atoms with E-state index in [0.717, 1.165) is 49.7 Å². The smallest absolute Gasteiger partial charge is 0.166 e. The number of rotatable bonds is 11. The van der Waals surface area contributed by atoms with Crippen molar-refractivity contribution in [2.24, 2.45) is 5.92 Å². The van der Waals surface area contributed by atoms with E-state index in [-0.39, 0.29) is 11.7 Å². The molecule has 0 spiro atoms. The molecule has 0 heterocycles. The van der Waals surface area contributed by atoms with Gasteiger partial charge in [-0.2, -0.15) is 0 Å². The molecule has 38 heavy (non-hydrogen) atoms. The lowest BCUT2D eigenvalue weighted by Gasteiger charge is -2.27. The number of aryl methyl sites for hydroxylation is 1. The molecule has 0 aliphatic heterocycles. The minimum Gasteiger partial charge on any atom is -0.491 e. The van der Waals surface area contributed by atoms with Gasteiger partial charge in [-0.15, -0.1) is 0 Å². The number of unbranched alkanes of at least 4 members (excludes halogenated alkanes) is 4. The van der Waals surface area contributed by atoms with Crippen LogP contribution in [0.5, 0.6) is 5.75 Å². The number of allylic oxidation sites excluding steroid dienone is 1. The van der Waals surface area contributed by atoms with Crippen molar-refractivity contribution in [2.75, 3.05) is 6.61 Å². The second-order valence-electron chi connectivity index (χ2n) is 10.6. The molecule has 0 N–H and O–H groups in total. The minimum atomic E-state index is -0.765. The largest absolute Gasteiger partial charge is 0.491 e. The van der Waals surface area contributed by atoms with Crippen molar-refractivity contribution in [3.05, 3.63) is 94.8 Å². The van der Waals surface area contributed by atoms with E-state index in [1.807, 2.05) is 43.3 Å². The van der Waals surface area contributed by atoms with E-state index in [2.05, 4.69) is 13.0 Å². The average molecular weight is 521 g/mol.